The fourth-order valence-corrected chi connectivity index (χ4v) is 3.54. The number of rotatable bonds is 1. The van der Waals surface area contributed by atoms with E-state index in [0.717, 1.165) is 37.3 Å². The van der Waals surface area contributed by atoms with Crippen molar-refractivity contribution in [3.8, 4) is 0 Å². The third kappa shape index (κ3) is 2.49. The van der Waals surface area contributed by atoms with Gasteiger partial charge in [-0.2, -0.15) is 0 Å². The molecule has 19 heavy (non-hydrogen) atoms. The van der Waals surface area contributed by atoms with E-state index in [2.05, 4.69) is 6.07 Å². The molecule has 2 unspecified atom stereocenters. The first-order chi connectivity index (χ1) is 9.15. The number of amides is 1. The average molecular weight is 279 g/mol. The van der Waals surface area contributed by atoms with Gasteiger partial charge < -0.3 is 10.6 Å². The van der Waals surface area contributed by atoms with Gasteiger partial charge in [0, 0.05) is 30.1 Å². The fraction of sp³-hybridized carbons (Fsp3) is 0.533. The summed E-state index contributed by atoms with van der Waals surface area (Å²) in [4.78, 5) is 14.5. The monoisotopic (exact) mass is 278 g/mol. The number of benzene rings is 1. The summed E-state index contributed by atoms with van der Waals surface area (Å²) in [5, 5.41) is 0.826. The number of hydrogen-bond donors (Lipinski definition) is 1. The predicted octanol–water partition coefficient (Wildman–Crippen LogP) is 2.35. The van der Waals surface area contributed by atoms with Crippen molar-refractivity contribution in [2.24, 2.45) is 11.7 Å². The third-order valence-corrected chi connectivity index (χ3v) is 4.70. The maximum absolute atomic E-state index is 12.5. The quantitative estimate of drug-likeness (QED) is 0.857. The Morgan fingerprint density at radius 3 is 2.95 bits per heavy atom. The second-order valence-corrected chi connectivity index (χ2v) is 6.06. The lowest BCUT2D eigenvalue weighted by Gasteiger charge is -2.31. The Balaban J connectivity index is 1.73. The molecule has 1 aliphatic heterocycles. The van der Waals surface area contributed by atoms with Crippen molar-refractivity contribution in [2.75, 3.05) is 6.54 Å². The lowest BCUT2D eigenvalue weighted by Crippen LogP contribution is -2.39. The Hall–Kier alpha value is -1.06. The van der Waals surface area contributed by atoms with Crippen LogP contribution in [0.3, 0.4) is 0 Å². The van der Waals surface area contributed by atoms with Crippen LogP contribution in [0.5, 0.6) is 0 Å². The molecule has 1 aromatic carbocycles. The van der Waals surface area contributed by atoms with Gasteiger partial charge in [0.1, 0.15) is 0 Å². The van der Waals surface area contributed by atoms with Crippen molar-refractivity contribution in [3.63, 3.8) is 0 Å². The SMILES string of the molecule is NC1CCC(C(=O)N2CCc3c(Cl)cccc3C2)C1. The van der Waals surface area contributed by atoms with Gasteiger partial charge in [-0.15, -0.1) is 0 Å². The number of nitrogens with two attached hydrogens (primary N) is 1. The van der Waals surface area contributed by atoms with Crippen LogP contribution in [-0.2, 0) is 17.8 Å². The molecule has 4 heteroatoms. The van der Waals surface area contributed by atoms with Crippen molar-refractivity contribution in [1.29, 1.82) is 0 Å². The highest BCUT2D eigenvalue weighted by atomic mass is 35.5. The van der Waals surface area contributed by atoms with Crippen LogP contribution in [0.2, 0.25) is 5.02 Å². The molecule has 102 valence electrons. The molecule has 1 aromatic rings. The normalized spacial score (nSPS) is 26.3. The zero-order chi connectivity index (χ0) is 13.4. The minimum Gasteiger partial charge on any atom is -0.338 e. The van der Waals surface area contributed by atoms with Crippen LogP contribution in [0.1, 0.15) is 30.4 Å². The standard InChI is InChI=1S/C15H19ClN2O/c16-14-3-1-2-11-9-18(7-6-13(11)14)15(19)10-4-5-12(17)8-10/h1-3,10,12H,4-9,17H2. The van der Waals surface area contributed by atoms with Gasteiger partial charge in [-0.25, -0.2) is 0 Å². The molecule has 2 N–H and O–H groups in total. The first kappa shape index (κ1) is 12.9. The number of hydrogen-bond acceptors (Lipinski definition) is 2. The van der Waals surface area contributed by atoms with E-state index in [1.807, 2.05) is 17.0 Å². The largest absolute Gasteiger partial charge is 0.338 e. The Bertz CT molecular complexity index is 503. The first-order valence-electron chi connectivity index (χ1n) is 6.96. The summed E-state index contributed by atoms with van der Waals surface area (Å²) in [5.41, 5.74) is 8.29. The van der Waals surface area contributed by atoms with Crippen molar-refractivity contribution in [3.05, 3.63) is 34.3 Å². The molecule has 0 radical (unpaired) electrons. The van der Waals surface area contributed by atoms with Crippen molar-refractivity contribution in [1.82, 2.24) is 4.90 Å². The van der Waals surface area contributed by atoms with Gasteiger partial charge in [0.25, 0.3) is 0 Å². The minimum absolute atomic E-state index is 0.135. The zero-order valence-corrected chi connectivity index (χ0v) is 11.7. The van der Waals surface area contributed by atoms with Crippen LogP contribution in [0.25, 0.3) is 0 Å². The molecule has 0 saturated heterocycles. The summed E-state index contributed by atoms with van der Waals surface area (Å²) < 4.78 is 0. The molecule has 3 rings (SSSR count). The molecule has 1 fully saturated rings. The van der Waals surface area contributed by atoms with Gasteiger partial charge in [-0.1, -0.05) is 23.7 Å². The summed E-state index contributed by atoms with van der Waals surface area (Å²) in [6.07, 6.45) is 3.63. The number of halogens is 1. The molecular formula is C15H19ClN2O. The van der Waals surface area contributed by atoms with Crippen molar-refractivity contribution < 1.29 is 4.79 Å². The number of carbonyl (C=O) groups is 1. The van der Waals surface area contributed by atoms with E-state index < -0.39 is 0 Å². The van der Waals surface area contributed by atoms with Crippen LogP contribution in [0.15, 0.2) is 18.2 Å². The van der Waals surface area contributed by atoms with Gasteiger partial charge in [-0.05, 0) is 42.9 Å². The maximum atomic E-state index is 12.5. The van der Waals surface area contributed by atoms with E-state index in [1.54, 1.807) is 0 Å². The van der Waals surface area contributed by atoms with Crippen LogP contribution < -0.4 is 5.73 Å². The molecule has 1 heterocycles. The Morgan fingerprint density at radius 1 is 1.37 bits per heavy atom. The molecule has 0 aromatic heterocycles. The van der Waals surface area contributed by atoms with Crippen LogP contribution >= 0.6 is 11.6 Å². The lowest BCUT2D eigenvalue weighted by molar-refractivity contribution is -0.136. The Labute approximate surface area is 118 Å². The number of nitrogens with zero attached hydrogens (tertiary/aromatic N) is 1. The molecule has 2 aliphatic rings. The molecule has 0 bridgehead atoms. The number of carbonyl (C=O) groups excluding carboxylic acids is 1. The predicted molar refractivity (Wildman–Crippen MR) is 75.9 cm³/mol. The molecule has 1 saturated carbocycles. The van der Waals surface area contributed by atoms with Gasteiger partial charge in [0.05, 0.1) is 0 Å². The minimum atomic E-state index is 0.135. The molecule has 3 nitrogen and oxygen atoms in total. The Kier molecular flexibility index (Phi) is 3.50. The maximum Gasteiger partial charge on any atom is 0.226 e. The van der Waals surface area contributed by atoms with Crippen molar-refractivity contribution >= 4 is 17.5 Å². The van der Waals surface area contributed by atoms with Crippen molar-refractivity contribution in [2.45, 2.75) is 38.3 Å². The molecule has 2 atom stereocenters. The average Bonchev–Trinajstić information content (AvgIpc) is 2.84. The lowest BCUT2D eigenvalue weighted by atomic mass is 9.97. The first-order valence-corrected chi connectivity index (χ1v) is 7.33. The van der Waals surface area contributed by atoms with Crippen LogP contribution in [0, 0.1) is 5.92 Å². The van der Waals surface area contributed by atoms with E-state index in [4.69, 9.17) is 17.3 Å². The van der Waals surface area contributed by atoms with Gasteiger partial charge in [0.15, 0.2) is 0 Å². The summed E-state index contributed by atoms with van der Waals surface area (Å²) in [6, 6.07) is 6.16. The van der Waals surface area contributed by atoms with E-state index in [-0.39, 0.29) is 17.9 Å². The topological polar surface area (TPSA) is 46.3 Å². The summed E-state index contributed by atoms with van der Waals surface area (Å²) in [6.45, 7) is 1.47. The molecule has 0 spiro atoms. The van der Waals surface area contributed by atoms with E-state index in [0.29, 0.717) is 6.54 Å². The van der Waals surface area contributed by atoms with E-state index >= 15 is 0 Å². The Morgan fingerprint density at radius 2 is 2.21 bits per heavy atom. The third-order valence-electron chi connectivity index (χ3n) is 4.34. The fourth-order valence-electron chi connectivity index (χ4n) is 3.25. The number of fused-ring (bicyclic) bond motifs is 1. The second-order valence-electron chi connectivity index (χ2n) is 5.66. The van der Waals surface area contributed by atoms with Gasteiger partial charge in [0.2, 0.25) is 5.91 Å². The summed E-state index contributed by atoms with van der Waals surface area (Å²) in [5.74, 6) is 0.411. The summed E-state index contributed by atoms with van der Waals surface area (Å²) in [7, 11) is 0. The van der Waals surface area contributed by atoms with Gasteiger partial charge in [-0.3, -0.25) is 4.79 Å². The highest BCUT2D eigenvalue weighted by Crippen LogP contribution is 2.30. The second kappa shape index (κ2) is 5.14. The molecule has 1 amide bonds. The van der Waals surface area contributed by atoms with Crippen LogP contribution in [-0.4, -0.2) is 23.4 Å². The van der Waals surface area contributed by atoms with Crippen LogP contribution in [0.4, 0.5) is 0 Å². The highest BCUT2D eigenvalue weighted by molar-refractivity contribution is 6.31. The molecule has 1 aliphatic carbocycles. The molecular weight excluding hydrogens is 260 g/mol. The van der Waals surface area contributed by atoms with E-state index in [1.165, 1.54) is 11.1 Å². The van der Waals surface area contributed by atoms with Gasteiger partial charge >= 0.3 is 0 Å². The zero-order valence-electron chi connectivity index (χ0n) is 10.9. The smallest absolute Gasteiger partial charge is 0.226 e. The highest BCUT2D eigenvalue weighted by Gasteiger charge is 2.32. The van der Waals surface area contributed by atoms with E-state index in [9.17, 15) is 4.79 Å². The summed E-state index contributed by atoms with van der Waals surface area (Å²) >= 11 is 6.20.